The van der Waals surface area contributed by atoms with Crippen LogP contribution in [0, 0.1) is 22.7 Å². The molecular formula is C35H38ClNO3. The van der Waals surface area contributed by atoms with Crippen LogP contribution in [-0.4, -0.2) is 28.0 Å². The Morgan fingerprint density at radius 3 is 2.02 bits per heavy atom. The van der Waals surface area contributed by atoms with E-state index in [1.807, 2.05) is 74.5 Å². The van der Waals surface area contributed by atoms with E-state index >= 15 is 0 Å². The van der Waals surface area contributed by atoms with Gasteiger partial charge in [-0.05, 0) is 79.8 Å². The molecule has 2 fully saturated rings. The second-order valence-corrected chi connectivity index (χ2v) is 13.8. The predicted octanol–water partition coefficient (Wildman–Crippen LogP) is 7.76. The highest BCUT2D eigenvalue weighted by molar-refractivity contribution is 6.30. The molecule has 0 aromatic heterocycles. The number of carbonyl (C=O) groups excluding carboxylic acids is 3. The standard InChI is InChI=1S/C35H38ClNO3/c1-33(2,3)22-34(4,5)37-31(39)28-20-27(24-14-10-7-11-15-24)29(30(38)25-16-18-26(36)19-17-25)35(28,32(37)40)21-23-12-8-6-9-13-23/h6-19,27-29H,20-22H2,1-5H3/t27-,28-,29+,35+/m1/s1. The Labute approximate surface area is 242 Å². The molecule has 1 heterocycles. The lowest BCUT2D eigenvalue weighted by atomic mass is 9.65. The van der Waals surface area contributed by atoms with Gasteiger partial charge in [-0.3, -0.25) is 19.3 Å². The van der Waals surface area contributed by atoms with Crippen LogP contribution in [0.1, 0.15) is 74.9 Å². The van der Waals surface area contributed by atoms with Gasteiger partial charge < -0.3 is 0 Å². The minimum atomic E-state index is -1.19. The number of carbonyl (C=O) groups is 3. The van der Waals surface area contributed by atoms with Crippen LogP contribution in [0.25, 0.3) is 0 Å². The lowest BCUT2D eigenvalue weighted by Crippen LogP contribution is -2.53. The number of Topliss-reactive ketones (excluding diaryl/α,β-unsaturated/α-hetero) is 1. The number of likely N-dealkylation sites (tertiary alicyclic amines) is 1. The molecule has 2 aliphatic rings. The van der Waals surface area contributed by atoms with Gasteiger partial charge in [0.15, 0.2) is 5.78 Å². The van der Waals surface area contributed by atoms with E-state index in [9.17, 15) is 14.4 Å². The molecule has 3 aromatic carbocycles. The van der Waals surface area contributed by atoms with E-state index in [4.69, 9.17) is 11.6 Å². The molecule has 0 unspecified atom stereocenters. The zero-order chi connectivity index (χ0) is 28.9. The van der Waals surface area contributed by atoms with Crippen LogP contribution < -0.4 is 0 Å². The maximum Gasteiger partial charge on any atom is 0.237 e. The first kappa shape index (κ1) is 28.3. The van der Waals surface area contributed by atoms with Crippen LogP contribution in [0.15, 0.2) is 84.9 Å². The van der Waals surface area contributed by atoms with E-state index in [1.165, 1.54) is 4.90 Å². The Morgan fingerprint density at radius 1 is 0.875 bits per heavy atom. The van der Waals surface area contributed by atoms with E-state index in [0.29, 0.717) is 29.8 Å². The number of benzene rings is 3. The normalized spacial score (nSPS) is 24.9. The number of hydrogen-bond acceptors (Lipinski definition) is 3. The van der Waals surface area contributed by atoms with Crippen molar-refractivity contribution in [3.63, 3.8) is 0 Å². The second-order valence-electron chi connectivity index (χ2n) is 13.4. The number of halogens is 1. The minimum Gasteiger partial charge on any atom is -0.294 e. The van der Waals surface area contributed by atoms with E-state index in [2.05, 4.69) is 20.8 Å². The smallest absolute Gasteiger partial charge is 0.237 e. The molecule has 40 heavy (non-hydrogen) atoms. The number of fused-ring (bicyclic) bond motifs is 1. The van der Waals surface area contributed by atoms with Gasteiger partial charge in [0.25, 0.3) is 0 Å². The van der Waals surface area contributed by atoms with E-state index < -0.39 is 22.8 Å². The van der Waals surface area contributed by atoms with Gasteiger partial charge in [-0.15, -0.1) is 0 Å². The summed E-state index contributed by atoms with van der Waals surface area (Å²) in [7, 11) is 0. The summed E-state index contributed by atoms with van der Waals surface area (Å²) in [6.07, 6.45) is 1.44. The van der Waals surface area contributed by atoms with Crippen LogP contribution >= 0.6 is 11.6 Å². The highest BCUT2D eigenvalue weighted by Crippen LogP contribution is 2.63. The Morgan fingerprint density at radius 2 is 1.45 bits per heavy atom. The second kappa shape index (κ2) is 10.3. The third-order valence-corrected chi connectivity index (χ3v) is 8.99. The SMILES string of the molecule is CC(C)(C)CC(C)(C)N1C(=O)[C@H]2C[C@H](c3ccccc3)[C@@H](C(=O)c3ccc(Cl)cc3)[C@@]2(Cc2ccccc2)C1=O. The Balaban J connectivity index is 1.71. The summed E-state index contributed by atoms with van der Waals surface area (Å²) in [5, 5.41) is 0.543. The summed E-state index contributed by atoms with van der Waals surface area (Å²) in [4.78, 5) is 45.5. The molecule has 1 aliphatic heterocycles. The van der Waals surface area contributed by atoms with Crippen LogP contribution in [0.5, 0.6) is 0 Å². The molecule has 4 atom stereocenters. The van der Waals surface area contributed by atoms with Gasteiger partial charge in [0.2, 0.25) is 11.8 Å². The highest BCUT2D eigenvalue weighted by Gasteiger charge is 2.71. The fraction of sp³-hybridized carbons (Fsp3) is 0.400. The average molecular weight is 556 g/mol. The maximum absolute atomic E-state index is 15.0. The van der Waals surface area contributed by atoms with Gasteiger partial charge in [-0.25, -0.2) is 0 Å². The number of imide groups is 1. The Hall–Kier alpha value is -3.24. The van der Waals surface area contributed by atoms with Gasteiger partial charge in [0, 0.05) is 22.0 Å². The first-order valence-corrected chi connectivity index (χ1v) is 14.5. The quantitative estimate of drug-likeness (QED) is 0.221. The molecule has 1 aliphatic carbocycles. The van der Waals surface area contributed by atoms with Crippen molar-refractivity contribution in [1.82, 2.24) is 4.90 Å². The first-order valence-electron chi connectivity index (χ1n) is 14.1. The monoisotopic (exact) mass is 555 g/mol. The topological polar surface area (TPSA) is 54.5 Å². The third kappa shape index (κ3) is 4.92. The van der Waals surface area contributed by atoms with Crippen molar-refractivity contribution < 1.29 is 14.4 Å². The largest absolute Gasteiger partial charge is 0.294 e. The lowest BCUT2D eigenvalue weighted by molar-refractivity contribution is -0.150. The molecule has 5 heteroatoms. The predicted molar refractivity (Wildman–Crippen MR) is 159 cm³/mol. The highest BCUT2D eigenvalue weighted by atomic mass is 35.5. The molecule has 208 valence electrons. The fourth-order valence-corrected chi connectivity index (χ4v) is 7.80. The van der Waals surface area contributed by atoms with Gasteiger partial charge in [-0.2, -0.15) is 0 Å². The molecular weight excluding hydrogens is 518 g/mol. The van der Waals surface area contributed by atoms with Crippen molar-refractivity contribution in [2.45, 2.75) is 65.3 Å². The zero-order valence-electron chi connectivity index (χ0n) is 24.0. The van der Waals surface area contributed by atoms with Crippen molar-refractivity contribution in [2.75, 3.05) is 0 Å². The summed E-state index contributed by atoms with van der Waals surface area (Å²) >= 11 is 6.17. The number of amides is 2. The molecule has 0 N–H and O–H groups in total. The molecule has 1 saturated carbocycles. The van der Waals surface area contributed by atoms with Crippen molar-refractivity contribution in [3.05, 3.63) is 107 Å². The molecule has 4 nitrogen and oxygen atoms in total. The molecule has 1 saturated heterocycles. The molecule has 0 bridgehead atoms. The molecule has 0 spiro atoms. The number of ketones is 1. The van der Waals surface area contributed by atoms with Crippen LogP contribution in [0.4, 0.5) is 0 Å². The van der Waals surface area contributed by atoms with Crippen molar-refractivity contribution in [2.24, 2.45) is 22.7 Å². The summed E-state index contributed by atoms with van der Waals surface area (Å²) in [5.41, 5.74) is 0.460. The minimum absolute atomic E-state index is 0.0978. The Kier molecular flexibility index (Phi) is 7.29. The summed E-state index contributed by atoms with van der Waals surface area (Å²) in [6, 6.07) is 26.6. The maximum atomic E-state index is 15.0. The average Bonchev–Trinajstić information content (AvgIpc) is 3.33. The van der Waals surface area contributed by atoms with E-state index in [1.54, 1.807) is 24.3 Å². The van der Waals surface area contributed by atoms with Gasteiger partial charge >= 0.3 is 0 Å². The summed E-state index contributed by atoms with van der Waals surface area (Å²) in [5.74, 6) is -2.03. The lowest BCUT2D eigenvalue weighted by Gasteiger charge is -2.41. The van der Waals surface area contributed by atoms with Crippen molar-refractivity contribution in [3.8, 4) is 0 Å². The van der Waals surface area contributed by atoms with Crippen molar-refractivity contribution in [1.29, 1.82) is 0 Å². The van der Waals surface area contributed by atoms with Crippen molar-refractivity contribution >= 4 is 29.2 Å². The van der Waals surface area contributed by atoms with Crippen LogP contribution in [-0.2, 0) is 16.0 Å². The summed E-state index contributed by atoms with van der Waals surface area (Å²) < 4.78 is 0. The van der Waals surface area contributed by atoms with Gasteiger partial charge in [-0.1, -0.05) is 93.0 Å². The molecule has 2 amide bonds. The van der Waals surface area contributed by atoms with Gasteiger partial charge in [0.05, 0.1) is 11.3 Å². The molecule has 5 rings (SSSR count). The number of hydrogen-bond donors (Lipinski definition) is 0. The van der Waals surface area contributed by atoms with Crippen LogP contribution in [0.3, 0.4) is 0 Å². The van der Waals surface area contributed by atoms with Crippen LogP contribution in [0.2, 0.25) is 5.02 Å². The molecule has 0 radical (unpaired) electrons. The zero-order valence-corrected chi connectivity index (χ0v) is 24.7. The van der Waals surface area contributed by atoms with E-state index in [0.717, 1.165) is 11.1 Å². The number of nitrogens with zero attached hydrogens (tertiary/aromatic N) is 1. The first-order chi connectivity index (χ1) is 18.8. The van der Waals surface area contributed by atoms with Gasteiger partial charge in [0.1, 0.15) is 0 Å². The Bertz CT molecular complexity index is 1410. The molecule has 3 aromatic rings. The summed E-state index contributed by atoms with van der Waals surface area (Å²) in [6.45, 7) is 10.3. The third-order valence-electron chi connectivity index (χ3n) is 8.74. The fourth-order valence-electron chi connectivity index (χ4n) is 7.67. The number of rotatable bonds is 7. The van der Waals surface area contributed by atoms with E-state index in [-0.39, 0.29) is 28.9 Å².